The molecule has 9 heteroatoms. The van der Waals surface area contributed by atoms with Crippen LogP contribution >= 0.6 is 11.6 Å². The van der Waals surface area contributed by atoms with E-state index in [0.29, 0.717) is 45.1 Å². The van der Waals surface area contributed by atoms with Crippen LogP contribution in [0.4, 0.5) is 0 Å². The third kappa shape index (κ3) is 4.48. The molecule has 0 atom stereocenters. The van der Waals surface area contributed by atoms with Crippen LogP contribution in [0.25, 0.3) is 33.5 Å². The first-order chi connectivity index (χ1) is 18.0. The van der Waals surface area contributed by atoms with Crippen LogP contribution in [-0.4, -0.2) is 36.7 Å². The number of halogens is 1. The summed E-state index contributed by atoms with van der Waals surface area (Å²) in [5.74, 6) is 4.30. The molecule has 0 spiro atoms. The Balaban J connectivity index is 1.67. The highest BCUT2D eigenvalue weighted by Crippen LogP contribution is 2.36. The number of methoxy groups -OCH3 is 2. The normalized spacial score (nSPS) is 11.2. The van der Waals surface area contributed by atoms with Crippen molar-refractivity contribution in [3.63, 3.8) is 0 Å². The summed E-state index contributed by atoms with van der Waals surface area (Å²) >= 11 is 6.40. The Morgan fingerprint density at radius 2 is 1.89 bits per heavy atom. The van der Waals surface area contributed by atoms with Crippen molar-refractivity contribution in [2.24, 2.45) is 5.10 Å². The van der Waals surface area contributed by atoms with Gasteiger partial charge in [-0.2, -0.15) is 9.78 Å². The van der Waals surface area contributed by atoms with Gasteiger partial charge in [0.1, 0.15) is 17.9 Å². The van der Waals surface area contributed by atoms with E-state index in [1.54, 1.807) is 43.5 Å². The first-order valence-electron chi connectivity index (χ1n) is 11.1. The maximum Gasteiger partial charge on any atom is 0.282 e. The highest BCUT2D eigenvalue weighted by Gasteiger charge is 2.18. The maximum atomic E-state index is 13.5. The number of nitrogens with zero attached hydrogens (tertiary/aromatic N) is 3. The summed E-state index contributed by atoms with van der Waals surface area (Å²) in [6, 6.07) is 17.6. The Hall–Kier alpha value is -4.74. The third-order valence-corrected chi connectivity index (χ3v) is 5.87. The van der Waals surface area contributed by atoms with Crippen molar-refractivity contribution in [1.82, 2.24) is 9.66 Å². The fourth-order valence-corrected chi connectivity index (χ4v) is 4.18. The van der Waals surface area contributed by atoms with Gasteiger partial charge >= 0.3 is 0 Å². The number of para-hydroxylation sites is 1. The number of benzene rings is 3. The van der Waals surface area contributed by atoms with Crippen LogP contribution in [0.2, 0.25) is 5.02 Å². The number of furan rings is 1. The lowest BCUT2D eigenvalue weighted by molar-refractivity contribution is 0.331. The van der Waals surface area contributed by atoms with Gasteiger partial charge in [-0.1, -0.05) is 35.7 Å². The number of fused-ring (bicyclic) bond motifs is 2. The predicted octanol–water partition coefficient (Wildman–Crippen LogP) is 5.37. The van der Waals surface area contributed by atoms with E-state index in [1.807, 2.05) is 24.3 Å². The summed E-state index contributed by atoms with van der Waals surface area (Å²) in [4.78, 5) is 18.2. The SMILES string of the molecule is C#CCOc1c(Cl)cc(C=Nn2c(-c3cc4c(OC)cccc4o3)nc3ccccc3c2=O)cc1OC. The molecule has 0 N–H and O–H groups in total. The summed E-state index contributed by atoms with van der Waals surface area (Å²) in [6.45, 7) is 0.0350. The van der Waals surface area contributed by atoms with Gasteiger partial charge in [0, 0.05) is 0 Å². The Morgan fingerprint density at radius 3 is 2.68 bits per heavy atom. The van der Waals surface area contributed by atoms with Gasteiger partial charge in [-0.15, -0.1) is 6.42 Å². The standard InChI is InChI=1S/C28H20ClN3O5/c1-4-12-36-26-20(29)13-17(14-24(26)35-3)16-30-32-27(31-21-9-6-5-8-18(21)28(32)33)25-15-19-22(34-2)10-7-11-23(19)37-25/h1,5-11,13-16H,12H2,2-3H3. The zero-order chi connectivity index (χ0) is 25.9. The lowest BCUT2D eigenvalue weighted by atomic mass is 10.2. The second-order valence-corrected chi connectivity index (χ2v) is 8.23. The molecule has 0 saturated heterocycles. The molecule has 0 radical (unpaired) electrons. The van der Waals surface area contributed by atoms with E-state index in [4.69, 9.17) is 41.6 Å². The largest absolute Gasteiger partial charge is 0.496 e. The van der Waals surface area contributed by atoms with Gasteiger partial charge in [-0.3, -0.25) is 4.79 Å². The lowest BCUT2D eigenvalue weighted by Gasteiger charge is -2.11. The van der Waals surface area contributed by atoms with E-state index in [1.165, 1.54) is 18.0 Å². The first-order valence-corrected chi connectivity index (χ1v) is 11.5. The quantitative estimate of drug-likeness (QED) is 0.215. The van der Waals surface area contributed by atoms with Crippen molar-refractivity contribution >= 4 is 39.7 Å². The van der Waals surface area contributed by atoms with Crippen LogP contribution in [0, 0.1) is 12.3 Å². The van der Waals surface area contributed by atoms with Gasteiger partial charge in [0.2, 0.25) is 5.82 Å². The smallest absolute Gasteiger partial charge is 0.282 e. The zero-order valence-electron chi connectivity index (χ0n) is 19.9. The number of aromatic nitrogens is 2. The van der Waals surface area contributed by atoms with Crippen LogP contribution in [0.15, 0.2) is 75.0 Å². The molecule has 8 nitrogen and oxygen atoms in total. The van der Waals surface area contributed by atoms with Crippen LogP contribution in [0.3, 0.4) is 0 Å². The molecule has 2 heterocycles. The highest BCUT2D eigenvalue weighted by molar-refractivity contribution is 6.32. The minimum Gasteiger partial charge on any atom is -0.496 e. The average molecular weight is 514 g/mol. The van der Waals surface area contributed by atoms with E-state index in [-0.39, 0.29) is 23.0 Å². The van der Waals surface area contributed by atoms with Crippen molar-refractivity contribution < 1.29 is 18.6 Å². The number of terminal acetylenes is 1. The summed E-state index contributed by atoms with van der Waals surface area (Å²) in [5, 5.41) is 5.90. The van der Waals surface area contributed by atoms with Crippen LogP contribution in [0.1, 0.15) is 5.56 Å². The molecular formula is C28H20ClN3O5. The molecule has 0 aliphatic heterocycles. The lowest BCUT2D eigenvalue weighted by Crippen LogP contribution is -2.20. The van der Waals surface area contributed by atoms with Crippen molar-refractivity contribution in [2.45, 2.75) is 0 Å². The van der Waals surface area contributed by atoms with Gasteiger partial charge in [-0.25, -0.2) is 4.98 Å². The summed E-state index contributed by atoms with van der Waals surface area (Å²) in [6.07, 6.45) is 6.76. The second kappa shape index (κ2) is 10.1. The highest BCUT2D eigenvalue weighted by atomic mass is 35.5. The summed E-state index contributed by atoms with van der Waals surface area (Å²) < 4.78 is 23.6. The number of hydrogen-bond donors (Lipinski definition) is 0. The number of rotatable bonds is 7. The minimum absolute atomic E-state index is 0.0350. The van der Waals surface area contributed by atoms with Crippen LogP contribution < -0.4 is 19.8 Å². The molecule has 0 fully saturated rings. The fourth-order valence-electron chi connectivity index (χ4n) is 3.91. The van der Waals surface area contributed by atoms with Crippen molar-refractivity contribution in [2.75, 3.05) is 20.8 Å². The first kappa shape index (κ1) is 24.0. The molecule has 0 unspecified atom stereocenters. The van der Waals surface area contributed by atoms with Gasteiger partial charge in [0.05, 0.1) is 41.7 Å². The van der Waals surface area contributed by atoms with Crippen molar-refractivity contribution in [1.29, 1.82) is 0 Å². The average Bonchev–Trinajstić information content (AvgIpc) is 3.36. The monoisotopic (exact) mass is 513 g/mol. The number of ether oxygens (including phenoxy) is 3. The Morgan fingerprint density at radius 1 is 1.08 bits per heavy atom. The van der Waals surface area contributed by atoms with Gasteiger partial charge in [0.15, 0.2) is 17.3 Å². The zero-order valence-corrected chi connectivity index (χ0v) is 20.7. The maximum absolute atomic E-state index is 13.5. The van der Waals surface area contributed by atoms with Crippen molar-refractivity contribution in [3.8, 4) is 41.2 Å². The summed E-state index contributed by atoms with van der Waals surface area (Å²) in [5.41, 5.74) is 1.30. The second-order valence-electron chi connectivity index (χ2n) is 7.82. The van der Waals surface area contributed by atoms with Gasteiger partial charge < -0.3 is 18.6 Å². The Labute approximate surface area is 216 Å². The molecule has 184 valence electrons. The van der Waals surface area contributed by atoms with Crippen LogP contribution in [-0.2, 0) is 0 Å². The fraction of sp³-hybridized carbons (Fsp3) is 0.107. The molecule has 0 amide bonds. The minimum atomic E-state index is -0.365. The molecule has 2 aromatic heterocycles. The number of hydrogen-bond acceptors (Lipinski definition) is 7. The van der Waals surface area contributed by atoms with E-state index in [2.05, 4.69) is 11.0 Å². The van der Waals surface area contributed by atoms with Gasteiger partial charge in [-0.05, 0) is 48.0 Å². The van der Waals surface area contributed by atoms with E-state index >= 15 is 0 Å². The molecule has 5 aromatic rings. The van der Waals surface area contributed by atoms with Gasteiger partial charge in [0.25, 0.3) is 5.56 Å². The van der Waals surface area contributed by atoms with Crippen LogP contribution in [0.5, 0.6) is 17.2 Å². The predicted molar refractivity (Wildman–Crippen MR) is 143 cm³/mol. The molecule has 0 aliphatic carbocycles. The molecule has 3 aromatic carbocycles. The molecule has 0 aliphatic rings. The Bertz CT molecular complexity index is 1760. The molecule has 0 saturated carbocycles. The molecule has 0 bridgehead atoms. The molecule has 37 heavy (non-hydrogen) atoms. The molecule has 5 rings (SSSR count). The molecular weight excluding hydrogens is 494 g/mol. The third-order valence-electron chi connectivity index (χ3n) is 5.59. The topological polar surface area (TPSA) is 88.1 Å². The van der Waals surface area contributed by atoms with E-state index < -0.39 is 0 Å². The van der Waals surface area contributed by atoms with Crippen molar-refractivity contribution in [3.05, 3.63) is 81.6 Å². The van der Waals surface area contributed by atoms with E-state index in [9.17, 15) is 4.79 Å². The van der Waals surface area contributed by atoms with E-state index in [0.717, 1.165) is 5.39 Å². The summed E-state index contributed by atoms with van der Waals surface area (Å²) in [7, 11) is 3.07. The Kier molecular flexibility index (Phi) is 6.54.